The Balaban J connectivity index is 1.65. The Bertz CT molecular complexity index is 1310. The molecule has 8 heteroatoms. The molecule has 0 fully saturated rings. The third-order valence-corrected chi connectivity index (χ3v) is 5.24. The fourth-order valence-corrected chi connectivity index (χ4v) is 3.48. The van der Waals surface area contributed by atoms with Crippen molar-refractivity contribution in [1.29, 1.82) is 0 Å². The first-order valence-corrected chi connectivity index (χ1v) is 10.4. The number of aromatic nitrogens is 1. The number of amides is 1. The van der Waals surface area contributed by atoms with Crippen LogP contribution in [0.25, 0.3) is 22.8 Å². The van der Waals surface area contributed by atoms with Gasteiger partial charge >= 0.3 is 0 Å². The molecule has 0 atom stereocenters. The summed E-state index contributed by atoms with van der Waals surface area (Å²) in [5, 5.41) is 2.89. The van der Waals surface area contributed by atoms with Gasteiger partial charge in [-0.25, -0.2) is 4.98 Å². The van der Waals surface area contributed by atoms with Gasteiger partial charge in [-0.1, -0.05) is 12.1 Å². The fraction of sp³-hybridized carbons (Fsp3) is 0.154. The van der Waals surface area contributed by atoms with E-state index >= 15 is 0 Å². The minimum atomic E-state index is -0.333. The molecule has 0 spiro atoms. The van der Waals surface area contributed by atoms with E-state index in [4.69, 9.17) is 23.4 Å². The predicted molar refractivity (Wildman–Crippen MR) is 128 cm³/mol. The maximum Gasteiger partial charge on any atom is 0.256 e. The van der Waals surface area contributed by atoms with Crippen LogP contribution >= 0.6 is 0 Å². The standard InChI is InChI=1S/C26H24N2O6/c1-30-16-9-11-20(22(13-16)32-3)24-15-27-26(34-24)19-8-6-5-7-18(19)25(29)28-21-12-10-17(31-2)14-23(21)33-4/h5-15H,1-4H3,(H,28,29). The lowest BCUT2D eigenvalue weighted by Gasteiger charge is -2.13. The van der Waals surface area contributed by atoms with Gasteiger partial charge in [0.1, 0.15) is 23.0 Å². The largest absolute Gasteiger partial charge is 0.497 e. The van der Waals surface area contributed by atoms with Gasteiger partial charge in [0, 0.05) is 17.7 Å². The predicted octanol–water partition coefficient (Wildman–Crippen LogP) is 5.30. The summed E-state index contributed by atoms with van der Waals surface area (Å²) in [6.45, 7) is 0. The van der Waals surface area contributed by atoms with Crippen LogP contribution in [0.2, 0.25) is 0 Å². The van der Waals surface area contributed by atoms with E-state index in [-0.39, 0.29) is 5.91 Å². The van der Waals surface area contributed by atoms with Crippen LogP contribution in [0, 0.1) is 0 Å². The van der Waals surface area contributed by atoms with Gasteiger partial charge in [0.25, 0.3) is 5.91 Å². The summed E-state index contributed by atoms with van der Waals surface area (Å²) in [6, 6.07) is 17.6. The van der Waals surface area contributed by atoms with Crippen molar-refractivity contribution < 1.29 is 28.2 Å². The molecule has 3 aromatic carbocycles. The second-order valence-electron chi connectivity index (χ2n) is 7.16. The van der Waals surface area contributed by atoms with Gasteiger partial charge in [-0.2, -0.15) is 0 Å². The monoisotopic (exact) mass is 460 g/mol. The smallest absolute Gasteiger partial charge is 0.256 e. The molecule has 34 heavy (non-hydrogen) atoms. The van der Waals surface area contributed by atoms with E-state index in [1.807, 2.05) is 18.2 Å². The average Bonchev–Trinajstić information content (AvgIpc) is 3.38. The van der Waals surface area contributed by atoms with E-state index in [2.05, 4.69) is 10.3 Å². The topological polar surface area (TPSA) is 92.1 Å². The number of ether oxygens (including phenoxy) is 4. The summed E-state index contributed by atoms with van der Waals surface area (Å²) < 4.78 is 27.4. The summed E-state index contributed by atoms with van der Waals surface area (Å²) >= 11 is 0. The minimum absolute atomic E-state index is 0.306. The van der Waals surface area contributed by atoms with Crippen LogP contribution in [0.15, 0.2) is 71.3 Å². The molecule has 0 saturated heterocycles. The van der Waals surface area contributed by atoms with E-state index < -0.39 is 0 Å². The number of rotatable bonds is 8. The number of nitrogens with zero attached hydrogens (tertiary/aromatic N) is 1. The van der Waals surface area contributed by atoms with E-state index in [9.17, 15) is 4.79 Å². The lowest BCUT2D eigenvalue weighted by atomic mass is 10.1. The number of methoxy groups -OCH3 is 4. The second-order valence-corrected chi connectivity index (χ2v) is 7.16. The minimum Gasteiger partial charge on any atom is -0.497 e. The zero-order valence-electron chi connectivity index (χ0n) is 19.2. The number of hydrogen-bond acceptors (Lipinski definition) is 7. The van der Waals surface area contributed by atoms with Crippen LogP contribution in [0.3, 0.4) is 0 Å². The highest BCUT2D eigenvalue weighted by atomic mass is 16.5. The molecule has 4 rings (SSSR count). The molecule has 0 aliphatic heterocycles. The molecule has 0 aliphatic carbocycles. The summed E-state index contributed by atoms with van der Waals surface area (Å²) in [4.78, 5) is 17.6. The van der Waals surface area contributed by atoms with Crippen LogP contribution in [0.1, 0.15) is 10.4 Å². The molecule has 0 saturated carbocycles. The van der Waals surface area contributed by atoms with Crippen LogP contribution in [0.5, 0.6) is 23.0 Å². The number of carbonyl (C=O) groups excluding carboxylic acids is 1. The summed E-state index contributed by atoms with van der Waals surface area (Å²) in [5.74, 6) is 2.82. The molecule has 174 valence electrons. The van der Waals surface area contributed by atoms with E-state index in [1.54, 1.807) is 70.0 Å². The molecule has 8 nitrogen and oxygen atoms in total. The number of oxazole rings is 1. The first-order chi connectivity index (χ1) is 16.6. The highest BCUT2D eigenvalue weighted by molar-refractivity contribution is 6.08. The second kappa shape index (κ2) is 9.99. The van der Waals surface area contributed by atoms with Gasteiger partial charge in [-0.3, -0.25) is 4.79 Å². The number of nitrogens with one attached hydrogen (secondary N) is 1. The van der Waals surface area contributed by atoms with Gasteiger partial charge in [0.2, 0.25) is 5.89 Å². The normalized spacial score (nSPS) is 10.5. The zero-order valence-corrected chi connectivity index (χ0v) is 19.2. The molecule has 0 radical (unpaired) electrons. The SMILES string of the molecule is COc1ccc(NC(=O)c2ccccc2-c2ncc(-c3ccc(OC)cc3OC)o2)c(OC)c1. The average molecular weight is 460 g/mol. The lowest BCUT2D eigenvalue weighted by molar-refractivity contribution is 0.102. The molecule has 0 bridgehead atoms. The molecular formula is C26H24N2O6. The highest BCUT2D eigenvalue weighted by Crippen LogP contribution is 2.36. The van der Waals surface area contributed by atoms with E-state index in [1.165, 1.54) is 7.11 Å². The van der Waals surface area contributed by atoms with Crippen molar-refractivity contribution in [2.75, 3.05) is 33.8 Å². The van der Waals surface area contributed by atoms with Crippen molar-refractivity contribution in [1.82, 2.24) is 4.98 Å². The van der Waals surface area contributed by atoms with E-state index in [0.29, 0.717) is 57.0 Å². The Hall–Kier alpha value is -4.46. The van der Waals surface area contributed by atoms with Crippen LogP contribution in [-0.4, -0.2) is 39.3 Å². The van der Waals surface area contributed by atoms with Gasteiger partial charge in [-0.15, -0.1) is 0 Å². The molecular weight excluding hydrogens is 436 g/mol. The zero-order chi connectivity index (χ0) is 24.1. The molecule has 0 unspecified atom stereocenters. The number of carbonyl (C=O) groups is 1. The summed E-state index contributed by atoms with van der Waals surface area (Å²) in [6.07, 6.45) is 1.60. The maximum atomic E-state index is 13.2. The Morgan fingerprint density at radius 2 is 1.47 bits per heavy atom. The molecule has 1 aromatic heterocycles. The van der Waals surface area contributed by atoms with Crippen molar-refractivity contribution in [3.8, 4) is 45.8 Å². The maximum absolute atomic E-state index is 13.2. The molecule has 1 heterocycles. The van der Waals surface area contributed by atoms with Crippen molar-refractivity contribution in [3.63, 3.8) is 0 Å². The number of benzene rings is 3. The van der Waals surface area contributed by atoms with Crippen molar-refractivity contribution >= 4 is 11.6 Å². The Kier molecular flexibility index (Phi) is 6.68. The molecule has 0 aliphatic rings. The van der Waals surface area contributed by atoms with Gasteiger partial charge in [0.05, 0.1) is 51.5 Å². The number of anilines is 1. The molecule has 1 amide bonds. The molecule has 1 N–H and O–H groups in total. The van der Waals surface area contributed by atoms with Gasteiger partial charge < -0.3 is 28.7 Å². The first-order valence-electron chi connectivity index (χ1n) is 10.4. The number of hydrogen-bond donors (Lipinski definition) is 1. The van der Waals surface area contributed by atoms with Crippen molar-refractivity contribution in [2.45, 2.75) is 0 Å². The first kappa shape index (κ1) is 22.7. The Morgan fingerprint density at radius 3 is 2.18 bits per heavy atom. The summed E-state index contributed by atoms with van der Waals surface area (Å²) in [7, 11) is 6.25. The fourth-order valence-electron chi connectivity index (χ4n) is 3.48. The van der Waals surface area contributed by atoms with Gasteiger partial charge in [0.15, 0.2) is 5.76 Å². The van der Waals surface area contributed by atoms with Crippen LogP contribution in [0.4, 0.5) is 5.69 Å². The lowest BCUT2D eigenvalue weighted by Crippen LogP contribution is -2.14. The Labute approximate surface area is 197 Å². The van der Waals surface area contributed by atoms with E-state index in [0.717, 1.165) is 0 Å². The highest BCUT2D eigenvalue weighted by Gasteiger charge is 2.19. The molecule has 4 aromatic rings. The quantitative estimate of drug-likeness (QED) is 0.382. The third kappa shape index (κ3) is 4.52. The Morgan fingerprint density at radius 1 is 0.794 bits per heavy atom. The van der Waals surface area contributed by atoms with Gasteiger partial charge in [-0.05, 0) is 36.4 Å². The van der Waals surface area contributed by atoms with Crippen LogP contribution in [-0.2, 0) is 0 Å². The van der Waals surface area contributed by atoms with Crippen LogP contribution < -0.4 is 24.3 Å². The van der Waals surface area contributed by atoms with Crippen molar-refractivity contribution in [2.24, 2.45) is 0 Å². The van der Waals surface area contributed by atoms with Crippen molar-refractivity contribution in [3.05, 3.63) is 72.4 Å². The third-order valence-electron chi connectivity index (χ3n) is 5.24. The summed E-state index contributed by atoms with van der Waals surface area (Å²) in [5.41, 5.74) is 2.17.